The van der Waals surface area contributed by atoms with E-state index in [-0.39, 0.29) is 66.6 Å². The molecule has 4 amide bonds. The van der Waals surface area contributed by atoms with Crippen molar-refractivity contribution in [1.82, 2.24) is 10.2 Å². The fourth-order valence-corrected chi connectivity index (χ4v) is 6.02. The Morgan fingerprint density at radius 1 is 0.840 bits per heavy atom. The second-order valence-corrected chi connectivity index (χ2v) is 11.8. The first kappa shape index (κ1) is 36.2. The SMILES string of the molecule is CCO/N=C(\CC)C1=C(O)CC(c2ccc(OCCOCCOCCOc3ccc4c(c3)C(=O)N(C3CCC(=O)NC3=O)C4=O)cc2)CC1=O. The quantitative estimate of drug-likeness (QED) is 0.107. The number of Topliss-reactive ketones (excluding diaryl/α,β-unsaturated/α-hetero) is 1. The molecule has 0 spiro atoms. The number of carbonyl (C=O) groups is 5. The molecule has 2 atom stereocenters. The average Bonchev–Trinajstić information content (AvgIpc) is 3.35. The molecule has 5 rings (SSSR count). The van der Waals surface area contributed by atoms with E-state index in [1.807, 2.05) is 31.2 Å². The number of nitrogens with zero attached hydrogens (tertiary/aromatic N) is 2. The summed E-state index contributed by atoms with van der Waals surface area (Å²) < 4.78 is 22.6. The van der Waals surface area contributed by atoms with E-state index in [9.17, 15) is 29.1 Å². The van der Waals surface area contributed by atoms with Gasteiger partial charge in [0.1, 0.15) is 43.1 Å². The Morgan fingerprint density at radius 2 is 1.48 bits per heavy atom. The Morgan fingerprint density at radius 3 is 2.12 bits per heavy atom. The highest BCUT2D eigenvalue weighted by Gasteiger charge is 2.44. The van der Waals surface area contributed by atoms with Gasteiger partial charge < -0.3 is 28.9 Å². The zero-order chi connectivity index (χ0) is 35.6. The Kier molecular flexibility index (Phi) is 12.3. The van der Waals surface area contributed by atoms with E-state index in [0.717, 1.165) is 10.5 Å². The van der Waals surface area contributed by atoms with Crippen LogP contribution in [0.3, 0.4) is 0 Å². The van der Waals surface area contributed by atoms with Crippen LogP contribution in [0.5, 0.6) is 11.5 Å². The molecule has 0 bridgehead atoms. The van der Waals surface area contributed by atoms with E-state index in [1.54, 1.807) is 13.0 Å². The predicted octanol–water partition coefficient (Wildman–Crippen LogP) is 3.64. The van der Waals surface area contributed by atoms with Crippen LogP contribution in [0.15, 0.2) is 59.0 Å². The van der Waals surface area contributed by atoms with Crippen molar-refractivity contribution in [3.8, 4) is 11.5 Å². The topological polar surface area (TPSA) is 179 Å². The van der Waals surface area contributed by atoms with E-state index in [1.165, 1.54) is 12.1 Å². The van der Waals surface area contributed by atoms with Gasteiger partial charge in [-0.15, -0.1) is 0 Å². The van der Waals surface area contributed by atoms with E-state index < -0.39 is 29.7 Å². The summed E-state index contributed by atoms with van der Waals surface area (Å²) in [4.78, 5) is 68.3. The maximum absolute atomic E-state index is 13.0. The number of oxime groups is 1. The smallest absolute Gasteiger partial charge is 0.262 e. The highest BCUT2D eigenvalue weighted by molar-refractivity contribution is 6.24. The van der Waals surface area contributed by atoms with Crippen LogP contribution in [-0.4, -0.2) is 97.4 Å². The lowest BCUT2D eigenvalue weighted by Gasteiger charge is -2.27. The Hall–Kier alpha value is -5.08. The van der Waals surface area contributed by atoms with Crippen molar-refractivity contribution in [2.45, 2.75) is 57.9 Å². The number of ketones is 1. The third kappa shape index (κ3) is 8.55. The summed E-state index contributed by atoms with van der Waals surface area (Å²) in [6, 6.07) is 11.0. The molecule has 14 heteroatoms. The Bertz CT molecular complexity index is 1670. The maximum atomic E-state index is 13.0. The minimum absolute atomic E-state index is 0.0395. The molecule has 0 aromatic heterocycles. The molecular weight excluding hydrogens is 650 g/mol. The zero-order valence-corrected chi connectivity index (χ0v) is 28.1. The Labute approximate surface area is 289 Å². The highest BCUT2D eigenvalue weighted by atomic mass is 16.6. The number of allylic oxidation sites excluding steroid dienone is 2. The van der Waals surface area contributed by atoms with Gasteiger partial charge in [0.05, 0.1) is 48.8 Å². The van der Waals surface area contributed by atoms with Crippen molar-refractivity contribution in [2.75, 3.05) is 46.2 Å². The number of aliphatic hydroxyl groups excluding tert-OH is 1. The summed E-state index contributed by atoms with van der Waals surface area (Å²) in [5.74, 6) is -1.47. The fraction of sp³-hybridized carbons (Fsp3) is 0.444. The lowest BCUT2D eigenvalue weighted by atomic mass is 9.81. The number of rotatable bonds is 17. The molecule has 1 saturated heterocycles. The minimum atomic E-state index is -1.02. The van der Waals surface area contributed by atoms with Crippen LogP contribution < -0.4 is 14.8 Å². The normalized spacial score (nSPS) is 19.5. The largest absolute Gasteiger partial charge is 0.511 e. The number of aliphatic hydroxyl groups is 1. The van der Waals surface area contributed by atoms with Crippen molar-refractivity contribution < 1.29 is 52.9 Å². The molecule has 266 valence electrons. The number of benzene rings is 2. The van der Waals surface area contributed by atoms with Gasteiger partial charge in [-0.2, -0.15) is 0 Å². The minimum Gasteiger partial charge on any atom is -0.511 e. The van der Waals surface area contributed by atoms with Gasteiger partial charge in [-0.05, 0) is 61.6 Å². The van der Waals surface area contributed by atoms with Gasteiger partial charge >= 0.3 is 0 Å². The molecule has 2 heterocycles. The zero-order valence-electron chi connectivity index (χ0n) is 28.1. The van der Waals surface area contributed by atoms with Crippen molar-refractivity contribution >= 4 is 35.1 Å². The Balaban J connectivity index is 0.956. The van der Waals surface area contributed by atoms with E-state index >= 15 is 0 Å². The molecule has 2 aromatic rings. The molecule has 14 nitrogen and oxygen atoms in total. The monoisotopic (exact) mass is 691 g/mol. The lowest BCUT2D eigenvalue weighted by Crippen LogP contribution is -2.54. The lowest BCUT2D eigenvalue weighted by molar-refractivity contribution is -0.136. The predicted molar refractivity (Wildman–Crippen MR) is 178 cm³/mol. The molecule has 2 aromatic carbocycles. The number of amides is 4. The standard InChI is InChI=1S/C36H41N3O11/c1-3-28(38-50-4-2)33-30(40)19-23(20-31(33)41)22-5-7-24(8-6-22)48-17-15-46-13-14-47-16-18-49-25-9-10-26-27(21-25)36(45)39(35(26)44)29-11-12-32(42)37-34(29)43/h5-10,21,23,29,40H,3-4,11-20H2,1-2H3,(H,37,42,43)/b38-28+. The van der Waals surface area contributed by atoms with Crippen LogP contribution in [0.4, 0.5) is 0 Å². The summed E-state index contributed by atoms with van der Waals surface area (Å²) >= 11 is 0. The van der Waals surface area contributed by atoms with Crippen LogP contribution in [-0.2, 0) is 28.7 Å². The first-order valence-corrected chi connectivity index (χ1v) is 16.7. The number of fused-ring (bicyclic) bond motifs is 1. The molecule has 2 unspecified atom stereocenters. The summed E-state index contributed by atoms with van der Waals surface area (Å²) in [5, 5.41) is 16.8. The molecule has 0 saturated carbocycles. The summed E-state index contributed by atoms with van der Waals surface area (Å²) in [5.41, 5.74) is 2.00. The van der Waals surface area contributed by atoms with Gasteiger partial charge in [-0.1, -0.05) is 24.2 Å². The number of hydrogen-bond donors (Lipinski definition) is 2. The average molecular weight is 692 g/mol. The van der Waals surface area contributed by atoms with Crippen molar-refractivity contribution in [3.63, 3.8) is 0 Å². The van der Waals surface area contributed by atoms with Crippen LogP contribution >= 0.6 is 0 Å². The fourth-order valence-electron chi connectivity index (χ4n) is 6.02. The molecule has 3 aliphatic rings. The number of hydrogen-bond acceptors (Lipinski definition) is 12. The van der Waals surface area contributed by atoms with Gasteiger partial charge in [0.25, 0.3) is 11.8 Å². The van der Waals surface area contributed by atoms with Crippen molar-refractivity contribution in [1.29, 1.82) is 0 Å². The first-order valence-electron chi connectivity index (χ1n) is 16.7. The molecule has 1 aliphatic carbocycles. The van der Waals surface area contributed by atoms with Gasteiger partial charge in [0.2, 0.25) is 11.8 Å². The molecule has 2 aliphatic heterocycles. The number of piperidine rings is 1. The second-order valence-electron chi connectivity index (χ2n) is 11.8. The van der Waals surface area contributed by atoms with Crippen molar-refractivity contribution in [3.05, 3.63) is 70.5 Å². The highest BCUT2D eigenvalue weighted by Crippen LogP contribution is 2.35. The van der Waals surface area contributed by atoms with Gasteiger partial charge in [0.15, 0.2) is 5.78 Å². The maximum Gasteiger partial charge on any atom is 0.262 e. The third-order valence-corrected chi connectivity index (χ3v) is 8.49. The van der Waals surface area contributed by atoms with Crippen LogP contribution in [0.25, 0.3) is 0 Å². The summed E-state index contributed by atoms with van der Waals surface area (Å²) in [7, 11) is 0. The number of ether oxygens (including phenoxy) is 4. The van der Waals surface area contributed by atoms with E-state index in [4.69, 9.17) is 23.8 Å². The summed E-state index contributed by atoms with van der Waals surface area (Å²) in [6.45, 7) is 5.87. The van der Waals surface area contributed by atoms with Crippen molar-refractivity contribution in [2.24, 2.45) is 5.16 Å². The van der Waals surface area contributed by atoms with Gasteiger partial charge in [0, 0.05) is 19.3 Å². The number of imide groups is 2. The van der Waals surface area contributed by atoms with Crippen LogP contribution in [0.2, 0.25) is 0 Å². The van der Waals surface area contributed by atoms with Crippen LogP contribution in [0, 0.1) is 0 Å². The van der Waals surface area contributed by atoms with Crippen LogP contribution in [0.1, 0.15) is 78.1 Å². The van der Waals surface area contributed by atoms with E-state index in [0.29, 0.717) is 63.1 Å². The molecular formula is C36H41N3O11. The molecule has 1 fully saturated rings. The first-order chi connectivity index (χ1) is 24.2. The number of carbonyl (C=O) groups excluding carboxylic acids is 5. The number of nitrogens with one attached hydrogen (secondary N) is 1. The van der Waals surface area contributed by atoms with E-state index in [2.05, 4.69) is 10.5 Å². The molecule has 0 radical (unpaired) electrons. The van der Waals surface area contributed by atoms with Gasteiger partial charge in [-0.25, -0.2) is 0 Å². The molecule has 50 heavy (non-hydrogen) atoms. The van der Waals surface area contributed by atoms with Gasteiger partial charge in [-0.3, -0.25) is 34.2 Å². The summed E-state index contributed by atoms with van der Waals surface area (Å²) in [6.07, 6.45) is 1.25. The third-order valence-electron chi connectivity index (χ3n) is 8.49. The molecule has 2 N–H and O–H groups in total. The second kappa shape index (κ2) is 17.0.